The summed E-state index contributed by atoms with van der Waals surface area (Å²) in [7, 11) is 0. The second-order valence-corrected chi connectivity index (χ2v) is 5.81. The molecule has 2 aromatic rings. The molecule has 148 valence electrons. The number of carbonyl (C=O) groups is 2. The number of carbonyl (C=O) groups excluding carboxylic acids is 2. The van der Waals surface area contributed by atoms with Crippen molar-refractivity contribution in [2.24, 2.45) is 0 Å². The Balaban J connectivity index is 1.83. The highest BCUT2D eigenvalue weighted by Crippen LogP contribution is 2.25. The van der Waals surface area contributed by atoms with Gasteiger partial charge in [0.05, 0.1) is 36.7 Å². The van der Waals surface area contributed by atoms with Crippen molar-refractivity contribution in [3.8, 4) is 23.6 Å². The summed E-state index contributed by atoms with van der Waals surface area (Å²) in [6.07, 6.45) is 0.0972. The van der Waals surface area contributed by atoms with Crippen LogP contribution in [-0.4, -0.2) is 25.0 Å². The zero-order chi connectivity index (χ0) is 20.9. The third kappa shape index (κ3) is 7.24. The van der Waals surface area contributed by atoms with E-state index in [1.165, 1.54) is 0 Å². The van der Waals surface area contributed by atoms with Crippen LogP contribution in [0.4, 0.5) is 11.4 Å². The van der Waals surface area contributed by atoms with Gasteiger partial charge in [-0.05, 0) is 24.3 Å². The van der Waals surface area contributed by atoms with E-state index in [-0.39, 0.29) is 12.8 Å². The van der Waals surface area contributed by atoms with Crippen molar-refractivity contribution in [2.45, 2.75) is 19.3 Å². The maximum atomic E-state index is 11.6. The Morgan fingerprint density at radius 2 is 1.17 bits per heavy atom. The molecule has 2 amide bonds. The summed E-state index contributed by atoms with van der Waals surface area (Å²) in [5, 5.41) is 22.4. The molecule has 2 rings (SSSR count). The van der Waals surface area contributed by atoms with Crippen LogP contribution in [-0.2, 0) is 9.59 Å². The number of para-hydroxylation sites is 4. The van der Waals surface area contributed by atoms with Crippen molar-refractivity contribution in [1.29, 1.82) is 10.5 Å². The normalized spacial score (nSPS) is 9.59. The van der Waals surface area contributed by atoms with Crippen molar-refractivity contribution < 1.29 is 19.1 Å². The SMILES string of the molecule is N#CCC(=O)Nc1ccccc1OCCCOc1ccccc1NC(=O)CC#N. The lowest BCUT2D eigenvalue weighted by Gasteiger charge is -2.13. The Morgan fingerprint density at radius 1 is 0.759 bits per heavy atom. The van der Waals surface area contributed by atoms with Crippen molar-refractivity contribution in [2.75, 3.05) is 23.8 Å². The number of nitrogens with zero attached hydrogens (tertiary/aromatic N) is 2. The Hall–Kier alpha value is -4.04. The molecule has 0 atom stereocenters. The average molecular weight is 392 g/mol. The van der Waals surface area contributed by atoms with E-state index in [0.717, 1.165) is 0 Å². The van der Waals surface area contributed by atoms with E-state index in [4.69, 9.17) is 20.0 Å². The zero-order valence-electron chi connectivity index (χ0n) is 15.7. The van der Waals surface area contributed by atoms with Crippen molar-refractivity contribution >= 4 is 23.2 Å². The van der Waals surface area contributed by atoms with Gasteiger partial charge in [-0.2, -0.15) is 10.5 Å². The van der Waals surface area contributed by atoms with E-state index < -0.39 is 11.8 Å². The van der Waals surface area contributed by atoms with Gasteiger partial charge < -0.3 is 20.1 Å². The molecule has 29 heavy (non-hydrogen) atoms. The van der Waals surface area contributed by atoms with E-state index in [0.29, 0.717) is 42.5 Å². The van der Waals surface area contributed by atoms with Crippen molar-refractivity contribution in [3.63, 3.8) is 0 Å². The van der Waals surface area contributed by atoms with Crippen molar-refractivity contribution in [3.05, 3.63) is 48.5 Å². The molecule has 0 aromatic heterocycles. The first-order chi connectivity index (χ1) is 14.1. The Morgan fingerprint density at radius 3 is 1.59 bits per heavy atom. The third-order valence-electron chi connectivity index (χ3n) is 3.61. The molecule has 2 aromatic carbocycles. The fourth-order valence-electron chi connectivity index (χ4n) is 2.35. The number of benzene rings is 2. The summed E-state index contributed by atoms with van der Waals surface area (Å²) in [4.78, 5) is 23.2. The fraction of sp³-hybridized carbons (Fsp3) is 0.238. The van der Waals surface area contributed by atoms with Crippen LogP contribution in [0.3, 0.4) is 0 Å². The topological polar surface area (TPSA) is 124 Å². The quantitative estimate of drug-likeness (QED) is 0.598. The fourth-order valence-corrected chi connectivity index (χ4v) is 2.35. The predicted molar refractivity (Wildman–Crippen MR) is 106 cm³/mol. The molecule has 2 N–H and O–H groups in total. The van der Waals surface area contributed by atoms with Crippen LogP contribution in [0.25, 0.3) is 0 Å². The number of nitrogens with one attached hydrogen (secondary N) is 2. The second-order valence-electron chi connectivity index (χ2n) is 5.81. The first-order valence-electron chi connectivity index (χ1n) is 8.91. The van der Waals surface area contributed by atoms with Crippen LogP contribution in [0.5, 0.6) is 11.5 Å². The lowest BCUT2D eigenvalue weighted by atomic mass is 10.2. The molecule has 0 unspecified atom stereocenters. The van der Waals surface area contributed by atoms with Gasteiger partial charge in [-0.3, -0.25) is 9.59 Å². The van der Waals surface area contributed by atoms with Gasteiger partial charge in [-0.1, -0.05) is 24.3 Å². The van der Waals surface area contributed by atoms with Gasteiger partial charge in [-0.15, -0.1) is 0 Å². The molecular weight excluding hydrogens is 372 g/mol. The summed E-state index contributed by atoms with van der Waals surface area (Å²) in [6.45, 7) is 0.683. The standard InChI is InChI=1S/C21H20N4O4/c22-12-10-20(26)24-16-6-1-3-8-18(16)28-14-5-15-29-19-9-4-2-7-17(19)25-21(27)11-13-23/h1-4,6-9H,5,10-11,14-15H2,(H,24,26)(H,25,27). The number of hydrogen-bond donors (Lipinski definition) is 2. The smallest absolute Gasteiger partial charge is 0.238 e. The second kappa shape index (κ2) is 11.6. The lowest BCUT2D eigenvalue weighted by molar-refractivity contribution is -0.116. The number of anilines is 2. The zero-order valence-corrected chi connectivity index (χ0v) is 15.7. The van der Waals surface area contributed by atoms with E-state index >= 15 is 0 Å². The van der Waals surface area contributed by atoms with E-state index in [1.54, 1.807) is 60.7 Å². The van der Waals surface area contributed by atoms with Crippen LogP contribution >= 0.6 is 0 Å². The van der Waals surface area contributed by atoms with Crippen LogP contribution < -0.4 is 20.1 Å². The number of ether oxygens (including phenoxy) is 2. The molecule has 0 radical (unpaired) electrons. The van der Waals surface area contributed by atoms with Crippen LogP contribution in [0.15, 0.2) is 48.5 Å². The van der Waals surface area contributed by atoms with Crippen LogP contribution in [0, 0.1) is 22.7 Å². The minimum Gasteiger partial charge on any atom is -0.491 e. The molecule has 0 spiro atoms. The molecule has 0 saturated carbocycles. The molecule has 0 bridgehead atoms. The summed E-state index contributed by atoms with van der Waals surface area (Å²) >= 11 is 0. The monoisotopic (exact) mass is 392 g/mol. The lowest BCUT2D eigenvalue weighted by Crippen LogP contribution is -2.13. The largest absolute Gasteiger partial charge is 0.491 e. The Bertz CT molecular complexity index is 855. The minimum atomic E-state index is -0.401. The molecular formula is C21H20N4O4. The van der Waals surface area contributed by atoms with Gasteiger partial charge in [-0.25, -0.2) is 0 Å². The van der Waals surface area contributed by atoms with Gasteiger partial charge in [0.2, 0.25) is 11.8 Å². The predicted octanol–water partition coefficient (Wildman–Crippen LogP) is 3.24. The molecule has 0 aliphatic heterocycles. The van der Waals surface area contributed by atoms with E-state index in [1.807, 2.05) is 0 Å². The molecule has 8 heteroatoms. The molecule has 0 saturated heterocycles. The number of rotatable bonds is 10. The highest BCUT2D eigenvalue weighted by atomic mass is 16.5. The summed E-state index contributed by atoms with van der Waals surface area (Å²) in [5.74, 6) is 0.204. The Labute approximate surface area is 168 Å². The number of nitriles is 2. The highest BCUT2D eigenvalue weighted by molar-refractivity contribution is 5.94. The van der Waals surface area contributed by atoms with Crippen molar-refractivity contribution in [1.82, 2.24) is 0 Å². The Kier molecular flexibility index (Phi) is 8.52. The molecule has 0 heterocycles. The van der Waals surface area contributed by atoms with Gasteiger partial charge in [0.15, 0.2) is 0 Å². The third-order valence-corrected chi connectivity index (χ3v) is 3.61. The number of amides is 2. The summed E-state index contributed by atoms with van der Waals surface area (Å²) in [5.41, 5.74) is 0.999. The molecule has 0 fully saturated rings. The maximum absolute atomic E-state index is 11.6. The molecule has 0 aliphatic rings. The van der Waals surface area contributed by atoms with Crippen LogP contribution in [0.1, 0.15) is 19.3 Å². The highest BCUT2D eigenvalue weighted by Gasteiger charge is 2.09. The first-order valence-corrected chi connectivity index (χ1v) is 8.91. The van der Waals surface area contributed by atoms with E-state index in [2.05, 4.69) is 10.6 Å². The molecule has 0 aliphatic carbocycles. The van der Waals surface area contributed by atoms with Gasteiger partial charge >= 0.3 is 0 Å². The number of hydrogen-bond acceptors (Lipinski definition) is 6. The first kappa shape index (κ1) is 21.3. The van der Waals surface area contributed by atoms with Gasteiger partial charge in [0.1, 0.15) is 24.3 Å². The van der Waals surface area contributed by atoms with Gasteiger partial charge in [0, 0.05) is 6.42 Å². The molecule has 8 nitrogen and oxygen atoms in total. The minimum absolute atomic E-state index is 0.230. The van der Waals surface area contributed by atoms with Crippen LogP contribution in [0.2, 0.25) is 0 Å². The van der Waals surface area contributed by atoms with E-state index in [9.17, 15) is 9.59 Å². The average Bonchev–Trinajstić information content (AvgIpc) is 2.70. The van der Waals surface area contributed by atoms with Gasteiger partial charge in [0.25, 0.3) is 0 Å². The maximum Gasteiger partial charge on any atom is 0.238 e. The summed E-state index contributed by atoms with van der Waals surface area (Å²) < 4.78 is 11.4. The summed E-state index contributed by atoms with van der Waals surface area (Å²) in [6, 6.07) is 17.5.